The van der Waals surface area contributed by atoms with Gasteiger partial charge < -0.3 is 4.52 Å². The van der Waals surface area contributed by atoms with Crippen LogP contribution in [0.3, 0.4) is 0 Å². The largest absolute Gasteiger partial charge is 0.338 e. The summed E-state index contributed by atoms with van der Waals surface area (Å²) in [5, 5.41) is 15.4. The van der Waals surface area contributed by atoms with Crippen LogP contribution in [-0.4, -0.2) is 34.8 Å². The van der Waals surface area contributed by atoms with Gasteiger partial charge in [0.2, 0.25) is 21.7 Å². The lowest BCUT2D eigenvalue weighted by Crippen LogP contribution is -2.27. The molecule has 0 radical (unpaired) electrons. The topological polar surface area (TPSA) is 119 Å². The zero-order valence-electron chi connectivity index (χ0n) is 14.9. The van der Waals surface area contributed by atoms with E-state index in [0.717, 1.165) is 10.4 Å². The number of nitro benzene ring substituents is 1. The van der Waals surface area contributed by atoms with E-state index in [4.69, 9.17) is 16.1 Å². The highest BCUT2D eigenvalue weighted by atomic mass is 35.5. The molecule has 0 atom stereocenters. The first kappa shape index (κ1) is 19.9. The molecule has 0 saturated heterocycles. The van der Waals surface area contributed by atoms with Gasteiger partial charge in [0.05, 0.1) is 16.4 Å². The van der Waals surface area contributed by atoms with Crippen molar-refractivity contribution in [1.82, 2.24) is 14.4 Å². The van der Waals surface area contributed by atoms with Crippen molar-refractivity contribution in [2.45, 2.75) is 18.4 Å². The molecule has 28 heavy (non-hydrogen) atoms. The number of nitrogens with zero attached hydrogens (tertiary/aromatic N) is 4. The van der Waals surface area contributed by atoms with E-state index in [1.165, 1.54) is 19.2 Å². The molecule has 0 amide bonds. The molecule has 0 N–H and O–H groups in total. The Hall–Kier alpha value is -2.82. The van der Waals surface area contributed by atoms with Crippen LogP contribution < -0.4 is 0 Å². The van der Waals surface area contributed by atoms with Gasteiger partial charge in [0.25, 0.3) is 5.69 Å². The van der Waals surface area contributed by atoms with Crippen molar-refractivity contribution < 1.29 is 17.9 Å². The van der Waals surface area contributed by atoms with Gasteiger partial charge >= 0.3 is 0 Å². The van der Waals surface area contributed by atoms with Gasteiger partial charge in [-0.3, -0.25) is 10.1 Å². The van der Waals surface area contributed by atoms with Crippen LogP contribution in [-0.2, 0) is 16.6 Å². The molecular weight excluding hydrogens is 408 g/mol. The fourth-order valence-electron chi connectivity index (χ4n) is 2.46. The van der Waals surface area contributed by atoms with Crippen LogP contribution in [0, 0.1) is 17.0 Å². The van der Waals surface area contributed by atoms with Crippen LogP contribution >= 0.6 is 11.6 Å². The number of nitro groups is 1. The maximum atomic E-state index is 12.8. The maximum Gasteiger partial charge on any atom is 0.270 e. The summed E-state index contributed by atoms with van der Waals surface area (Å²) in [6.45, 7) is 1.38. The Morgan fingerprint density at radius 3 is 2.54 bits per heavy atom. The molecule has 2 aromatic carbocycles. The molecule has 0 aliphatic heterocycles. The van der Waals surface area contributed by atoms with E-state index in [1.807, 2.05) is 0 Å². The van der Waals surface area contributed by atoms with Crippen LogP contribution in [0.1, 0.15) is 11.5 Å². The second-order valence-corrected chi connectivity index (χ2v) is 8.44. The number of halogens is 1. The Bertz CT molecular complexity index is 1130. The number of aryl methyl sites for hydroxylation is 1. The monoisotopic (exact) mass is 422 g/mol. The molecule has 0 aliphatic rings. The maximum absolute atomic E-state index is 12.8. The summed E-state index contributed by atoms with van der Waals surface area (Å²) >= 11 is 5.85. The molecular formula is C17H15ClN4O5S. The Labute approximate surface area is 165 Å². The Morgan fingerprint density at radius 2 is 1.89 bits per heavy atom. The van der Waals surface area contributed by atoms with Gasteiger partial charge in [-0.1, -0.05) is 22.8 Å². The number of aromatic nitrogens is 2. The van der Waals surface area contributed by atoms with E-state index in [-0.39, 0.29) is 23.0 Å². The fourth-order valence-corrected chi connectivity index (χ4v) is 3.95. The average Bonchev–Trinajstić information content (AvgIpc) is 3.10. The van der Waals surface area contributed by atoms with Gasteiger partial charge in [-0.15, -0.1) is 0 Å². The first-order valence-corrected chi connectivity index (χ1v) is 9.80. The number of sulfonamides is 1. The second kappa shape index (κ2) is 7.66. The van der Waals surface area contributed by atoms with E-state index < -0.39 is 14.9 Å². The van der Waals surface area contributed by atoms with Crippen molar-refractivity contribution in [2.75, 3.05) is 7.05 Å². The van der Waals surface area contributed by atoms with Crippen LogP contribution in [0.2, 0.25) is 5.02 Å². The van der Waals surface area contributed by atoms with Crippen LogP contribution in [0.25, 0.3) is 11.4 Å². The smallest absolute Gasteiger partial charge is 0.270 e. The first-order valence-electron chi connectivity index (χ1n) is 7.98. The highest BCUT2D eigenvalue weighted by Crippen LogP contribution is 2.25. The van der Waals surface area contributed by atoms with Crippen LogP contribution in [0.5, 0.6) is 0 Å². The van der Waals surface area contributed by atoms with Crippen LogP contribution in [0.15, 0.2) is 51.9 Å². The zero-order valence-corrected chi connectivity index (χ0v) is 16.4. The van der Waals surface area contributed by atoms with E-state index in [9.17, 15) is 18.5 Å². The van der Waals surface area contributed by atoms with E-state index in [0.29, 0.717) is 22.0 Å². The quantitative estimate of drug-likeness (QED) is 0.440. The summed E-state index contributed by atoms with van der Waals surface area (Å²) in [6.07, 6.45) is 0. The summed E-state index contributed by atoms with van der Waals surface area (Å²) in [5.74, 6) is 0.378. The lowest BCUT2D eigenvalue weighted by atomic mass is 10.2. The molecule has 0 bridgehead atoms. The summed E-state index contributed by atoms with van der Waals surface area (Å²) in [5.41, 5.74) is 0.754. The minimum atomic E-state index is -4.00. The zero-order chi connectivity index (χ0) is 20.5. The van der Waals surface area contributed by atoms with Crippen molar-refractivity contribution in [3.63, 3.8) is 0 Å². The number of hydrogen-bond donors (Lipinski definition) is 0. The summed E-state index contributed by atoms with van der Waals surface area (Å²) in [4.78, 5) is 14.4. The second-order valence-electron chi connectivity index (χ2n) is 5.99. The molecule has 1 aromatic heterocycles. The molecule has 0 fully saturated rings. The first-order chi connectivity index (χ1) is 13.2. The average molecular weight is 423 g/mol. The molecule has 0 spiro atoms. The van der Waals surface area contributed by atoms with Gasteiger partial charge in [-0.25, -0.2) is 8.42 Å². The number of rotatable bonds is 6. The molecule has 0 unspecified atom stereocenters. The number of non-ortho nitro benzene ring substituents is 1. The third kappa shape index (κ3) is 4.03. The van der Waals surface area contributed by atoms with Crippen LogP contribution in [0.4, 0.5) is 5.69 Å². The highest BCUT2D eigenvalue weighted by molar-refractivity contribution is 7.89. The summed E-state index contributed by atoms with van der Waals surface area (Å²) in [6, 6.07) is 10.5. The SMILES string of the molecule is Cc1ccc([N+](=O)[O-])cc1S(=O)(=O)N(C)Cc1nc(-c2ccc(Cl)cc2)no1. The fraction of sp³-hybridized carbons (Fsp3) is 0.176. The third-order valence-corrected chi connectivity index (χ3v) is 6.20. The number of benzene rings is 2. The molecule has 11 heteroatoms. The van der Waals surface area contributed by atoms with Crippen molar-refractivity contribution >= 4 is 27.3 Å². The Morgan fingerprint density at radius 1 is 1.21 bits per heavy atom. The predicted octanol–water partition coefficient (Wildman–Crippen LogP) is 3.43. The van der Waals surface area contributed by atoms with Gasteiger partial charge in [0, 0.05) is 29.8 Å². The van der Waals surface area contributed by atoms with Gasteiger partial charge in [-0.05, 0) is 36.8 Å². The van der Waals surface area contributed by atoms with Crippen molar-refractivity contribution in [1.29, 1.82) is 0 Å². The lowest BCUT2D eigenvalue weighted by molar-refractivity contribution is -0.385. The minimum Gasteiger partial charge on any atom is -0.338 e. The predicted molar refractivity (Wildman–Crippen MR) is 101 cm³/mol. The summed E-state index contributed by atoms with van der Waals surface area (Å²) in [7, 11) is -2.67. The Kier molecular flexibility index (Phi) is 5.45. The van der Waals surface area contributed by atoms with Crippen molar-refractivity contribution in [3.8, 4) is 11.4 Å². The molecule has 1 heterocycles. The van der Waals surface area contributed by atoms with E-state index >= 15 is 0 Å². The van der Waals surface area contributed by atoms with Crippen molar-refractivity contribution in [3.05, 3.63) is 69.1 Å². The highest BCUT2D eigenvalue weighted by Gasteiger charge is 2.27. The molecule has 0 saturated carbocycles. The standard InChI is InChI=1S/C17H15ClN4O5S/c1-11-3-8-14(22(23)24)9-15(11)28(25,26)21(2)10-16-19-17(20-27-16)12-4-6-13(18)7-5-12/h3-9H,10H2,1-2H3. The van der Waals surface area contributed by atoms with Gasteiger partial charge in [0.15, 0.2) is 0 Å². The van der Waals surface area contributed by atoms with Crippen molar-refractivity contribution in [2.24, 2.45) is 0 Å². The number of hydrogen-bond acceptors (Lipinski definition) is 7. The molecule has 3 aromatic rings. The van der Waals surface area contributed by atoms with E-state index in [2.05, 4.69) is 10.1 Å². The van der Waals surface area contributed by atoms with Gasteiger partial charge in [-0.2, -0.15) is 9.29 Å². The lowest BCUT2D eigenvalue weighted by Gasteiger charge is -2.16. The molecule has 146 valence electrons. The molecule has 3 rings (SSSR count). The molecule has 9 nitrogen and oxygen atoms in total. The van der Waals surface area contributed by atoms with E-state index in [1.54, 1.807) is 31.2 Å². The third-order valence-electron chi connectivity index (χ3n) is 4.00. The van der Waals surface area contributed by atoms with Gasteiger partial charge in [0.1, 0.15) is 0 Å². The molecule has 0 aliphatic carbocycles. The normalized spacial score (nSPS) is 11.7. The minimum absolute atomic E-state index is 0.0825. The Balaban J connectivity index is 1.85. The summed E-state index contributed by atoms with van der Waals surface area (Å²) < 4.78 is 31.8.